The molecule has 2 aromatic rings. The molecule has 0 fully saturated rings. The summed E-state index contributed by atoms with van der Waals surface area (Å²) in [6, 6.07) is 15.2. The number of carboxylic acid groups (broad SMARTS) is 1. The SMILES string of the molecule is COc1cccc(-c2cccc(CC(=O)O)c2)c1. The Morgan fingerprint density at radius 1 is 1.11 bits per heavy atom. The Hall–Kier alpha value is -2.29. The van der Waals surface area contributed by atoms with Crippen molar-refractivity contribution in [2.45, 2.75) is 6.42 Å². The second kappa shape index (κ2) is 5.36. The summed E-state index contributed by atoms with van der Waals surface area (Å²) in [6.45, 7) is 0. The van der Waals surface area contributed by atoms with Gasteiger partial charge in [0.05, 0.1) is 13.5 Å². The fraction of sp³-hybridized carbons (Fsp3) is 0.133. The molecular weight excluding hydrogens is 228 g/mol. The van der Waals surface area contributed by atoms with Crippen LogP contribution in [0.4, 0.5) is 0 Å². The van der Waals surface area contributed by atoms with E-state index in [2.05, 4.69) is 0 Å². The number of benzene rings is 2. The Kier molecular flexibility index (Phi) is 3.63. The topological polar surface area (TPSA) is 46.5 Å². The Morgan fingerprint density at radius 2 is 1.78 bits per heavy atom. The Morgan fingerprint density at radius 3 is 2.44 bits per heavy atom. The number of ether oxygens (including phenoxy) is 1. The minimum atomic E-state index is -0.821. The summed E-state index contributed by atoms with van der Waals surface area (Å²) in [5, 5.41) is 8.79. The van der Waals surface area contributed by atoms with E-state index >= 15 is 0 Å². The molecule has 0 amide bonds. The summed E-state index contributed by atoms with van der Waals surface area (Å²) in [6.07, 6.45) is 0.0395. The zero-order valence-corrected chi connectivity index (χ0v) is 10.1. The van der Waals surface area contributed by atoms with Crippen LogP contribution in [0.2, 0.25) is 0 Å². The van der Waals surface area contributed by atoms with Gasteiger partial charge >= 0.3 is 5.97 Å². The van der Waals surface area contributed by atoms with Crippen LogP contribution in [0.3, 0.4) is 0 Å². The van der Waals surface area contributed by atoms with Crippen LogP contribution >= 0.6 is 0 Å². The van der Waals surface area contributed by atoms with Gasteiger partial charge in [0, 0.05) is 0 Å². The van der Waals surface area contributed by atoms with Crippen LogP contribution in [0.5, 0.6) is 5.75 Å². The quantitative estimate of drug-likeness (QED) is 0.896. The molecule has 0 spiro atoms. The van der Waals surface area contributed by atoms with E-state index in [9.17, 15) is 4.79 Å². The van der Waals surface area contributed by atoms with Crippen LogP contribution in [0.25, 0.3) is 11.1 Å². The highest BCUT2D eigenvalue weighted by atomic mass is 16.5. The first-order valence-corrected chi connectivity index (χ1v) is 5.64. The van der Waals surface area contributed by atoms with Gasteiger partial charge in [-0.05, 0) is 28.8 Å². The van der Waals surface area contributed by atoms with Crippen LogP contribution in [0.15, 0.2) is 48.5 Å². The van der Waals surface area contributed by atoms with E-state index in [1.54, 1.807) is 7.11 Å². The molecule has 3 nitrogen and oxygen atoms in total. The van der Waals surface area contributed by atoms with E-state index < -0.39 is 5.97 Å². The largest absolute Gasteiger partial charge is 0.497 e. The molecular formula is C15H14O3. The van der Waals surface area contributed by atoms with Gasteiger partial charge in [-0.3, -0.25) is 4.79 Å². The summed E-state index contributed by atoms with van der Waals surface area (Å²) in [7, 11) is 1.62. The van der Waals surface area contributed by atoms with Gasteiger partial charge in [-0.15, -0.1) is 0 Å². The number of aliphatic carboxylic acids is 1. The third-order valence-electron chi connectivity index (χ3n) is 2.69. The van der Waals surface area contributed by atoms with Crippen LogP contribution in [0, 0.1) is 0 Å². The number of hydrogen-bond acceptors (Lipinski definition) is 2. The van der Waals surface area contributed by atoms with Crippen molar-refractivity contribution in [3.05, 3.63) is 54.1 Å². The fourth-order valence-corrected chi connectivity index (χ4v) is 1.84. The first-order chi connectivity index (χ1) is 8.69. The van der Waals surface area contributed by atoms with Crippen LogP contribution < -0.4 is 4.74 Å². The number of hydrogen-bond donors (Lipinski definition) is 1. The van der Waals surface area contributed by atoms with E-state index in [-0.39, 0.29) is 6.42 Å². The molecule has 0 bridgehead atoms. The van der Waals surface area contributed by atoms with Gasteiger partial charge in [0.15, 0.2) is 0 Å². The van der Waals surface area contributed by atoms with Crippen LogP contribution in [0.1, 0.15) is 5.56 Å². The highest BCUT2D eigenvalue weighted by molar-refractivity contribution is 5.72. The van der Waals surface area contributed by atoms with E-state index in [0.29, 0.717) is 0 Å². The first-order valence-electron chi connectivity index (χ1n) is 5.64. The van der Waals surface area contributed by atoms with Gasteiger partial charge in [0.1, 0.15) is 5.75 Å². The molecule has 0 atom stereocenters. The minimum absolute atomic E-state index is 0.0395. The van der Waals surface area contributed by atoms with Crippen molar-refractivity contribution in [1.82, 2.24) is 0 Å². The van der Waals surface area contributed by atoms with E-state index in [0.717, 1.165) is 22.4 Å². The second-order valence-electron chi connectivity index (χ2n) is 4.00. The molecule has 0 saturated carbocycles. The normalized spacial score (nSPS) is 10.1. The maximum atomic E-state index is 10.7. The number of methoxy groups -OCH3 is 1. The van der Waals surface area contributed by atoms with Crippen molar-refractivity contribution in [1.29, 1.82) is 0 Å². The molecule has 0 unspecified atom stereocenters. The molecule has 0 aromatic heterocycles. The lowest BCUT2D eigenvalue weighted by molar-refractivity contribution is -0.136. The maximum Gasteiger partial charge on any atom is 0.307 e. The monoisotopic (exact) mass is 242 g/mol. The molecule has 2 rings (SSSR count). The predicted molar refractivity (Wildman–Crippen MR) is 69.8 cm³/mol. The molecule has 92 valence electrons. The summed E-state index contributed by atoms with van der Waals surface area (Å²) in [5.74, 6) is -0.0334. The van der Waals surface area contributed by atoms with Crippen LogP contribution in [-0.2, 0) is 11.2 Å². The highest BCUT2D eigenvalue weighted by Gasteiger charge is 2.03. The maximum absolute atomic E-state index is 10.7. The molecule has 0 aliphatic rings. The lowest BCUT2D eigenvalue weighted by Gasteiger charge is -2.06. The van der Waals surface area contributed by atoms with Gasteiger partial charge < -0.3 is 9.84 Å². The third kappa shape index (κ3) is 2.88. The molecule has 18 heavy (non-hydrogen) atoms. The molecule has 0 aliphatic heterocycles. The minimum Gasteiger partial charge on any atom is -0.497 e. The fourth-order valence-electron chi connectivity index (χ4n) is 1.84. The van der Waals surface area contributed by atoms with Crippen LogP contribution in [-0.4, -0.2) is 18.2 Å². The third-order valence-corrected chi connectivity index (χ3v) is 2.69. The molecule has 0 aliphatic carbocycles. The molecule has 3 heteroatoms. The predicted octanol–water partition coefficient (Wildman–Crippen LogP) is 2.99. The van der Waals surface area contributed by atoms with Gasteiger partial charge in [0.25, 0.3) is 0 Å². The molecule has 0 saturated heterocycles. The number of carboxylic acids is 1. The summed E-state index contributed by atoms with van der Waals surface area (Å²) >= 11 is 0. The zero-order valence-electron chi connectivity index (χ0n) is 10.1. The van der Waals surface area contributed by atoms with Crippen molar-refractivity contribution in [3.8, 4) is 16.9 Å². The standard InChI is InChI=1S/C15H14O3/c1-18-14-7-3-6-13(10-14)12-5-2-4-11(8-12)9-15(16)17/h2-8,10H,9H2,1H3,(H,16,17). The summed E-state index contributed by atoms with van der Waals surface area (Å²) in [5.41, 5.74) is 2.80. The Bertz CT molecular complexity index is 561. The second-order valence-corrected chi connectivity index (χ2v) is 4.00. The smallest absolute Gasteiger partial charge is 0.307 e. The van der Waals surface area contributed by atoms with Crippen molar-refractivity contribution in [2.24, 2.45) is 0 Å². The van der Waals surface area contributed by atoms with E-state index in [1.807, 2.05) is 48.5 Å². The van der Waals surface area contributed by atoms with Gasteiger partial charge in [0.2, 0.25) is 0 Å². The molecule has 0 heterocycles. The average molecular weight is 242 g/mol. The zero-order chi connectivity index (χ0) is 13.0. The summed E-state index contributed by atoms with van der Waals surface area (Å²) < 4.78 is 5.18. The number of rotatable bonds is 4. The molecule has 0 radical (unpaired) electrons. The Balaban J connectivity index is 2.34. The Labute approximate surface area is 106 Å². The van der Waals surface area contributed by atoms with Crippen molar-refractivity contribution in [3.63, 3.8) is 0 Å². The highest BCUT2D eigenvalue weighted by Crippen LogP contribution is 2.24. The summed E-state index contributed by atoms with van der Waals surface area (Å²) in [4.78, 5) is 10.7. The molecule has 2 aromatic carbocycles. The van der Waals surface area contributed by atoms with Crippen molar-refractivity contribution < 1.29 is 14.6 Å². The van der Waals surface area contributed by atoms with Crippen molar-refractivity contribution in [2.75, 3.05) is 7.11 Å². The lowest BCUT2D eigenvalue weighted by atomic mass is 10.0. The lowest BCUT2D eigenvalue weighted by Crippen LogP contribution is -1.99. The van der Waals surface area contributed by atoms with E-state index in [1.165, 1.54) is 0 Å². The number of carbonyl (C=O) groups is 1. The van der Waals surface area contributed by atoms with Crippen molar-refractivity contribution >= 4 is 5.97 Å². The average Bonchev–Trinajstić information content (AvgIpc) is 2.38. The first kappa shape index (κ1) is 12.2. The van der Waals surface area contributed by atoms with Gasteiger partial charge in [-0.1, -0.05) is 36.4 Å². The van der Waals surface area contributed by atoms with Gasteiger partial charge in [-0.2, -0.15) is 0 Å². The molecule has 1 N–H and O–H groups in total. The van der Waals surface area contributed by atoms with Gasteiger partial charge in [-0.25, -0.2) is 0 Å². The van der Waals surface area contributed by atoms with E-state index in [4.69, 9.17) is 9.84 Å².